The SMILES string of the molecule is CC(=O)C1=CC2C(N=C(CN3CCN(c4cccc5c4O[C@H](c4ccc(Cl)cc4F)CO5)C[C@@H]3C)N2C[C@@H]2CCO2)S1. The van der Waals surface area contributed by atoms with E-state index in [1.807, 2.05) is 18.2 Å². The van der Waals surface area contributed by atoms with Crippen molar-refractivity contribution >= 4 is 40.7 Å². The van der Waals surface area contributed by atoms with E-state index in [0.29, 0.717) is 22.1 Å². The van der Waals surface area contributed by atoms with Gasteiger partial charge in [-0.1, -0.05) is 35.5 Å². The molecule has 0 N–H and O–H groups in total. The zero-order valence-corrected chi connectivity index (χ0v) is 25.2. The Morgan fingerprint density at radius 3 is 2.83 bits per heavy atom. The van der Waals surface area contributed by atoms with Gasteiger partial charge in [0.25, 0.3) is 0 Å². The summed E-state index contributed by atoms with van der Waals surface area (Å²) >= 11 is 7.55. The van der Waals surface area contributed by atoms with Gasteiger partial charge in [-0.2, -0.15) is 0 Å². The minimum atomic E-state index is -0.560. The average Bonchev–Trinajstić information content (AvgIpc) is 3.50. The zero-order chi connectivity index (χ0) is 29.0. The van der Waals surface area contributed by atoms with Crippen molar-refractivity contribution in [3.8, 4) is 11.5 Å². The highest BCUT2D eigenvalue weighted by Crippen LogP contribution is 2.45. The van der Waals surface area contributed by atoms with Crippen molar-refractivity contribution in [2.45, 2.75) is 49.9 Å². The highest BCUT2D eigenvalue weighted by atomic mass is 35.5. The standard InChI is InChI=1S/C31H34ClFN4O4S/c1-18-14-36(24-4-3-5-26-30(24)41-27(17-40-26)22-7-6-20(32)12-23(22)33)10-9-35(18)16-29-34-31-25(13-28(42-31)19(2)38)37(29)15-21-8-11-39-21/h3-7,12-13,18,21,25,27,31H,8-11,14-17H2,1-2H3/t18-,21-,25?,27-,31?/m0/s1. The summed E-state index contributed by atoms with van der Waals surface area (Å²) < 4.78 is 32.9. The first-order chi connectivity index (χ1) is 20.3. The molecule has 0 spiro atoms. The first kappa shape index (κ1) is 28.0. The summed E-state index contributed by atoms with van der Waals surface area (Å²) in [5.41, 5.74) is 1.38. The number of aliphatic imine (C=N–C) groups is 1. The minimum Gasteiger partial charge on any atom is -0.485 e. The number of para-hydroxylation sites is 1. The zero-order valence-electron chi connectivity index (χ0n) is 23.7. The third kappa shape index (κ3) is 5.27. The van der Waals surface area contributed by atoms with Crippen LogP contribution in [0.3, 0.4) is 0 Å². The van der Waals surface area contributed by atoms with Crippen LogP contribution in [0.1, 0.15) is 31.9 Å². The van der Waals surface area contributed by atoms with Crippen molar-refractivity contribution in [3.05, 3.63) is 63.8 Å². The highest BCUT2D eigenvalue weighted by molar-refractivity contribution is 8.04. The fourth-order valence-electron chi connectivity index (χ4n) is 6.30. The average molecular weight is 613 g/mol. The van der Waals surface area contributed by atoms with Crippen molar-refractivity contribution in [3.63, 3.8) is 0 Å². The molecule has 0 saturated carbocycles. The van der Waals surface area contributed by atoms with Crippen LogP contribution < -0.4 is 14.4 Å². The summed E-state index contributed by atoms with van der Waals surface area (Å²) in [4.78, 5) is 25.1. The predicted molar refractivity (Wildman–Crippen MR) is 162 cm³/mol. The fraction of sp³-hybridized carbons (Fsp3) is 0.484. The number of allylic oxidation sites excluding steroid dienone is 1. The number of Topliss-reactive ketones (excluding diaryl/α,β-unsaturated/α-hetero) is 1. The number of halogens is 2. The molecule has 2 aromatic rings. The van der Waals surface area contributed by atoms with Gasteiger partial charge in [-0.15, -0.1) is 0 Å². The Morgan fingerprint density at radius 2 is 2.10 bits per heavy atom. The molecule has 222 valence electrons. The highest BCUT2D eigenvalue weighted by Gasteiger charge is 2.43. The van der Waals surface area contributed by atoms with Gasteiger partial charge in [0.05, 0.1) is 29.3 Å². The van der Waals surface area contributed by atoms with Gasteiger partial charge in [0, 0.05) is 49.4 Å². The maximum absolute atomic E-state index is 14.7. The lowest BCUT2D eigenvalue weighted by molar-refractivity contribution is -0.112. The van der Waals surface area contributed by atoms with Gasteiger partial charge < -0.3 is 24.0 Å². The molecule has 7 rings (SSSR count). The van der Waals surface area contributed by atoms with E-state index in [1.54, 1.807) is 30.8 Å². The number of anilines is 1. The Hall–Kier alpha value is -2.79. The molecule has 0 amide bonds. The number of hydrogen-bond acceptors (Lipinski definition) is 9. The van der Waals surface area contributed by atoms with E-state index in [1.165, 1.54) is 6.07 Å². The third-order valence-electron chi connectivity index (χ3n) is 8.74. The maximum Gasteiger partial charge on any atom is 0.185 e. The molecular weight excluding hydrogens is 579 g/mol. The predicted octanol–water partition coefficient (Wildman–Crippen LogP) is 4.92. The Morgan fingerprint density at radius 1 is 1.24 bits per heavy atom. The molecule has 0 bridgehead atoms. The van der Waals surface area contributed by atoms with E-state index < -0.39 is 11.9 Å². The first-order valence-electron chi connectivity index (χ1n) is 14.5. The van der Waals surface area contributed by atoms with E-state index in [-0.39, 0.29) is 36.0 Å². The van der Waals surface area contributed by atoms with Gasteiger partial charge in [-0.05, 0) is 50.6 Å². The van der Waals surface area contributed by atoms with Crippen molar-refractivity contribution in [2.24, 2.45) is 4.99 Å². The number of hydrogen-bond donors (Lipinski definition) is 0. The van der Waals surface area contributed by atoms with Crippen LogP contribution in [0.15, 0.2) is 52.4 Å². The van der Waals surface area contributed by atoms with Gasteiger partial charge in [0.1, 0.15) is 23.6 Å². The van der Waals surface area contributed by atoms with Crippen LogP contribution >= 0.6 is 23.4 Å². The minimum absolute atomic E-state index is 0.0296. The van der Waals surface area contributed by atoms with E-state index in [9.17, 15) is 9.18 Å². The summed E-state index contributed by atoms with van der Waals surface area (Å²) in [6, 6.07) is 10.9. The first-order valence-corrected chi connectivity index (χ1v) is 15.8. The summed E-state index contributed by atoms with van der Waals surface area (Å²) in [7, 11) is 0. The molecule has 11 heteroatoms. The second-order valence-corrected chi connectivity index (χ2v) is 13.1. The Labute approximate surface area is 254 Å². The topological polar surface area (TPSA) is 66.8 Å². The number of ether oxygens (including phenoxy) is 3. The lowest BCUT2D eigenvalue weighted by Crippen LogP contribution is -2.55. The summed E-state index contributed by atoms with van der Waals surface area (Å²) in [5.74, 6) is 2.10. The molecule has 5 atom stereocenters. The summed E-state index contributed by atoms with van der Waals surface area (Å²) in [5, 5.41) is 0.380. The molecule has 0 aromatic heterocycles. The Balaban J connectivity index is 1.05. The number of amidine groups is 1. The number of carbonyl (C=O) groups is 1. The van der Waals surface area contributed by atoms with Crippen LogP contribution in [0.2, 0.25) is 5.02 Å². The number of carbonyl (C=O) groups excluding carboxylic acids is 1. The molecule has 5 heterocycles. The van der Waals surface area contributed by atoms with Gasteiger partial charge in [-0.25, -0.2) is 4.39 Å². The maximum atomic E-state index is 14.7. The number of thioether (sulfide) groups is 1. The number of nitrogens with zero attached hydrogens (tertiary/aromatic N) is 4. The number of piperazine rings is 1. The van der Waals surface area contributed by atoms with E-state index >= 15 is 0 Å². The van der Waals surface area contributed by atoms with E-state index in [4.69, 9.17) is 30.8 Å². The van der Waals surface area contributed by atoms with Crippen LogP contribution in [0.5, 0.6) is 11.5 Å². The molecule has 2 saturated heterocycles. The van der Waals surface area contributed by atoms with Gasteiger partial charge in [-0.3, -0.25) is 14.7 Å². The van der Waals surface area contributed by atoms with Crippen LogP contribution in [-0.4, -0.2) is 90.9 Å². The van der Waals surface area contributed by atoms with E-state index in [2.05, 4.69) is 27.7 Å². The molecule has 5 aliphatic rings. The van der Waals surface area contributed by atoms with Gasteiger partial charge >= 0.3 is 0 Å². The van der Waals surface area contributed by atoms with E-state index in [0.717, 1.165) is 62.2 Å². The van der Waals surface area contributed by atoms with Crippen LogP contribution in [0.25, 0.3) is 0 Å². The van der Waals surface area contributed by atoms with Crippen molar-refractivity contribution in [1.82, 2.24) is 9.80 Å². The van der Waals surface area contributed by atoms with Crippen molar-refractivity contribution in [1.29, 1.82) is 0 Å². The second kappa shape index (κ2) is 11.4. The smallest absolute Gasteiger partial charge is 0.185 e. The molecule has 0 aliphatic carbocycles. The number of ketones is 1. The molecule has 0 radical (unpaired) electrons. The monoisotopic (exact) mass is 612 g/mol. The van der Waals surface area contributed by atoms with Crippen LogP contribution in [-0.2, 0) is 9.53 Å². The molecule has 2 unspecified atom stereocenters. The molecule has 8 nitrogen and oxygen atoms in total. The third-order valence-corrected chi connectivity index (χ3v) is 10.3. The Bertz CT molecular complexity index is 1450. The second-order valence-electron chi connectivity index (χ2n) is 11.5. The number of rotatable bonds is 7. The quantitative estimate of drug-likeness (QED) is 0.437. The summed E-state index contributed by atoms with van der Waals surface area (Å²) in [6.45, 7) is 8.92. The van der Waals surface area contributed by atoms with Crippen LogP contribution in [0.4, 0.5) is 10.1 Å². The molecule has 2 aromatic carbocycles. The van der Waals surface area contributed by atoms with Crippen molar-refractivity contribution in [2.75, 3.05) is 50.8 Å². The summed E-state index contributed by atoms with van der Waals surface area (Å²) in [6.07, 6.45) is 2.82. The normalized spacial score (nSPS) is 28.7. The van der Waals surface area contributed by atoms with Gasteiger partial charge in [0.2, 0.25) is 0 Å². The molecule has 2 fully saturated rings. The Kier molecular flexibility index (Phi) is 7.58. The number of benzene rings is 2. The molecule has 42 heavy (non-hydrogen) atoms. The lowest BCUT2D eigenvalue weighted by atomic mass is 10.1. The molecular formula is C31H34ClFN4O4S. The fourth-order valence-corrected chi connectivity index (χ4v) is 7.64. The van der Waals surface area contributed by atoms with Gasteiger partial charge in [0.15, 0.2) is 23.4 Å². The van der Waals surface area contributed by atoms with Crippen molar-refractivity contribution < 1.29 is 23.4 Å². The lowest BCUT2D eigenvalue weighted by Gasteiger charge is -2.43. The van der Waals surface area contributed by atoms with Crippen LogP contribution in [0, 0.1) is 5.82 Å². The largest absolute Gasteiger partial charge is 0.485 e. The molecule has 5 aliphatic heterocycles. The number of fused-ring (bicyclic) bond motifs is 2.